The fourth-order valence-electron chi connectivity index (χ4n) is 4.35. The molecular formula is C25H36N2O7S. The van der Waals surface area contributed by atoms with E-state index in [2.05, 4.69) is 11.8 Å². The smallest absolute Gasteiger partial charge is 0.247 e. The lowest BCUT2D eigenvalue weighted by atomic mass is 9.97. The molecule has 2 aliphatic rings. The molecule has 0 saturated carbocycles. The number of amides is 1. The minimum atomic E-state index is -3.93. The molecule has 10 heteroatoms. The Hall–Kier alpha value is -2.16. The molecule has 2 heterocycles. The number of hydrogen-bond acceptors (Lipinski definition) is 7. The second kappa shape index (κ2) is 12.2. The maximum absolute atomic E-state index is 13.5. The number of hydrogen-bond donors (Lipinski definition) is 1. The van der Waals surface area contributed by atoms with Gasteiger partial charge in [-0.3, -0.25) is 4.79 Å². The van der Waals surface area contributed by atoms with Crippen LogP contribution in [0.2, 0.25) is 0 Å². The predicted molar refractivity (Wildman–Crippen MR) is 130 cm³/mol. The van der Waals surface area contributed by atoms with E-state index in [1.54, 1.807) is 38.1 Å². The summed E-state index contributed by atoms with van der Waals surface area (Å²) in [5.74, 6) is 5.71. The molecule has 1 saturated heterocycles. The number of nitrogens with zero attached hydrogens (tertiary/aromatic N) is 2. The second-order valence-corrected chi connectivity index (χ2v) is 11.1. The van der Waals surface area contributed by atoms with E-state index < -0.39 is 22.2 Å². The number of likely N-dealkylation sites (N-methyl/N-ethyl adjacent to an activating group) is 1. The molecule has 3 rings (SSSR count). The number of benzene rings is 1. The molecular weight excluding hydrogens is 472 g/mol. The highest BCUT2D eigenvalue weighted by molar-refractivity contribution is 7.89. The fourth-order valence-corrected chi connectivity index (χ4v) is 6.17. The molecule has 0 spiro atoms. The first kappa shape index (κ1) is 27.4. The molecule has 0 radical (unpaired) electrons. The summed E-state index contributed by atoms with van der Waals surface area (Å²) in [5, 5.41) is 9.78. The van der Waals surface area contributed by atoms with E-state index in [-0.39, 0.29) is 48.1 Å². The molecule has 194 valence electrons. The third kappa shape index (κ3) is 6.54. The van der Waals surface area contributed by atoms with Gasteiger partial charge in [-0.05, 0) is 38.0 Å². The Bertz CT molecular complexity index is 1040. The Morgan fingerprint density at radius 3 is 2.71 bits per heavy atom. The van der Waals surface area contributed by atoms with Crippen LogP contribution in [0.3, 0.4) is 0 Å². The van der Waals surface area contributed by atoms with Crippen LogP contribution in [-0.4, -0.2) is 94.5 Å². The summed E-state index contributed by atoms with van der Waals surface area (Å²) in [4.78, 5) is 14.7. The molecule has 35 heavy (non-hydrogen) atoms. The van der Waals surface area contributed by atoms with Crippen LogP contribution in [0.25, 0.3) is 0 Å². The van der Waals surface area contributed by atoms with Gasteiger partial charge >= 0.3 is 0 Å². The minimum absolute atomic E-state index is 0.0189. The number of rotatable bonds is 6. The van der Waals surface area contributed by atoms with Gasteiger partial charge in [-0.25, -0.2) is 8.42 Å². The first-order chi connectivity index (χ1) is 16.7. The Morgan fingerprint density at radius 1 is 1.34 bits per heavy atom. The van der Waals surface area contributed by atoms with Gasteiger partial charge in [-0.1, -0.05) is 18.8 Å². The lowest BCUT2D eigenvalue weighted by molar-refractivity contribution is -0.138. The van der Waals surface area contributed by atoms with Crippen molar-refractivity contribution < 1.29 is 32.5 Å². The molecule has 1 fully saturated rings. The van der Waals surface area contributed by atoms with Gasteiger partial charge in [-0.15, -0.1) is 0 Å². The van der Waals surface area contributed by atoms with Crippen molar-refractivity contribution in [3.05, 3.63) is 23.8 Å². The normalized spacial score (nSPS) is 23.6. The summed E-state index contributed by atoms with van der Waals surface area (Å²) in [5.41, 5.74) is 0.594. The van der Waals surface area contributed by atoms with E-state index >= 15 is 0 Å². The van der Waals surface area contributed by atoms with Crippen LogP contribution in [0.4, 0.5) is 0 Å². The van der Waals surface area contributed by atoms with Crippen molar-refractivity contribution in [3.8, 4) is 17.6 Å². The lowest BCUT2D eigenvalue weighted by Gasteiger charge is -2.38. The largest absolute Gasteiger partial charge is 0.487 e. The van der Waals surface area contributed by atoms with Crippen molar-refractivity contribution in [2.75, 3.05) is 53.7 Å². The third-order valence-corrected chi connectivity index (χ3v) is 8.54. The van der Waals surface area contributed by atoms with Gasteiger partial charge in [0.25, 0.3) is 0 Å². The number of sulfonamides is 1. The highest BCUT2D eigenvalue weighted by Gasteiger charge is 2.38. The quantitative estimate of drug-likeness (QED) is 0.578. The average molecular weight is 509 g/mol. The standard InChI is InChI=1S/C25H36N2O7S/c1-18-15-27(19(2)17-28)35(30,31)24-8-7-20(6-5-11-32-4)14-22(24)34-23(18)16-26(3)25(29)21-9-12-33-13-10-21/h7-8,14,18-19,21,23,28H,9-13,15-17H2,1-4H3/t18-,19+,23+/m0/s1. The van der Waals surface area contributed by atoms with Crippen molar-refractivity contribution in [2.45, 2.75) is 43.7 Å². The highest BCUT2D eigenvalue weighted by atomic mass is 32.2. The Labute approximate surface area is 208 Å². The topological polar surface area (TPSA) is 106 Å². The van der Waals surface area contributed by atoms with Gasteiger partial charge in [0, 0.05) is 57.4 Å². The predicted octanol–water partition coefficient (Wildman–Crippen LogP) is 1.34. The zero-order chi connectivity index (χ0) is 25.6. The van der Waals surface area contributed by atoms with Crippen molar-refractivity contribution in [1.82, 2.24) is 9.21 Å². The van der Waals surface area contributed by atoms with Gasteiger partial charge in [0.1, 0.15) is 23.4 Å². The summed E-state index contributed by atoms with van der Waals surface area (Å²) < 4.78 is 45.1. The summed E-state index contributed by atoms with van der Waals surface area (Å²) >= 11 is 0. The van der Waals surface area contributed by atoms with Crippen LogP contribution < -0.4 is 4.74 Å². The van der Waals surface area contributed by atoms with E-state index in [0.29, 0.717) is 38.2 Å². The maximum Gasteiger partial charge on any atom is 0.247 e. The molecule has 3 atom stereocenters. The van der Waals surface area contributed by atoms with Gasteiger partial charge in [0.15, 0.2) is 0 Å². The van der Waals surface area contributed by atoms with Gasteiger partial charge in [-0.2, -0.15) is 4.31 Å². The molecule has 0 aromatic heterocycles. The molecule has 2 aliphatic heterocycles. The van der Waals surface area contributed by atoms with Gasteiger partial charge in [0.2, 0.25) is 15.9 Å². The summed E-state index contributed by atoms with van der Waals surface area (Å²) in [7, 11) is -0.631. The van der Waals surface area contributed by atoms with E-state index in [9.17, 15) is 18.3 Å². The van der Waals surface area contributed by atoms with E-state index in [1.807, 2.05) is 6.92 Å². The van der Waals surface area contributed by atoms with E-state index in [0.717, 1.165) is 0 Å². The van der Waals surface area contributed by atoms with E-state index in [1.165, 1.54) is 10.4 Å². The van der Waals surface area contributed by atoms with Gasteiger partial charge < -0.3 is 24.2 Å². The van der Waals surface area contributed by atoms with E-state index in [4.69, 9.17) is 14.2 Å². The lowest BCUT2D eigenvalue weighted by Crippen LogP contribution is -2.50. The number of methoxy groups -OCH3 is 1. The zero-order valence-corrected chi connectivity index (χ0v) is 21.7. The highest BCUT2D eigenvalue weighted by Crippen LogP contribution is 2.34. The molecule has 9 nitrogen and oxygen atoms in total. The van der Waals surface area contributed by atoms with Crippen LogP contribution in [0.1, 0.15) is 32.3 Å². The van der Waals surface area contributed by atoms with Crippen molar-refractivity contribution >= 4 is 15.9 Å². The summed E-state index contributed by atoms with van der Waals surface area (Å²) in [6.45, 7) is 5.12. The number of ether oxygens (including phenoxy) is 3. The first-order valence-electron chi connectivity index (χ1n) is 11.9. The second-order valence-electron chi connectivity index (χ2n) is 9.24. The molecule has 1 N–H and O–H groups in total. The average Bonchev–Trinajstić information content (AvgIpc) is 2.85. The van der Waals surface area contributed by atoms with Crippen molar-refractivity contribution in [3.63, 3.8) is 0 Å². The Kier molecular flexibility index (Phi) is 9.55. The van der Waals surface area contributed by atoms with Crippen LogP contribution >= 0.6 is 0 Å². The minimum Gasteiger partial charge on any atom is -0.487 e. The monoisotopic (exact) mass is 508 g/mol. The molecule has 0 bridgehead atoms. The molecule has 1 aromatic carbocycles. The number of fused-ring (bicyclic) bond motifs is 1. The van der Waals surface area contributed by atoms with Gasteiger partial charge in [0.05, 0.1) is 13.2 Å². The fraction of sp³-hybridized carbons (Fsp3) is 0.640. The number of aliphatic hydroxyl groups is 1. The summed E-state index contributed by atoms with van der Waals surface area (Å²) in [6, 6.07) is 4.12. The van der Waals surface area contributed by atoms with Crippen LogP contribution in [0.5, 0.6) is 5.75 Å². The molecule has 0 aliphatic carbocycles. The number of carbonyl (C=O) groups excluding carboxylic acids is 1. The number of carbonyl (C=O) groups is 1. The third-order valence-electron chi connectivity index (χ3n) is 6.52. The van der Waals surface area contributed by atoms with Crippen LogP contribution in [-0.2, 0) is 24.3 Å². The first-order valence-corrected chi connectivity index (χ1v) is 13.4. The Morgan fingerprint density at radius 2 is 2.06 bits per heavy atom. The Balaban J connectivity index is 1.96. The van der Waals surface area contributed by atoms with Crippen molar-refractivity contribution in [1.29, 1.82) is 0 Å². The molecule has 1 amide bonds. The van der Waals surface area contributed by atoms with Crippen LogP contribution in [0, 0.1) is 23.7 Å². The zero-order valence-electron chi connectivity index (χ0n) is 20.9. The SMILES string of the molecule is COCC#Cc1ccc2c(c1)O[C@H](CN(C)C(=O)C1CCOCC1)[C@@H](C)CN([C@H](C)CO)S2(=O)=O. The molecule has 0 unspecified atom stereocenters. The summed E-state index contributed by atoms with van der Waals surface area (Å²) in [6.07, 6.45) is 0.918. The molecule has 1 aromatic rings. The number of aliphatic hydroxyl groups excluding tert-OH is 1. The maximum atomic E-state index is 13.5. The van der Waals surface area contributed by atoms with Crippen molar-refractivity contribution in [2.24, 2.45) is 11.8 Å². The van der Waals surface area contributed by atoms with Crippen LogP contribution in [0.15, 0.2) is 23.1 Å².